The molecule has 2 aromatic heterocycles. The van der Waals surface area contributed by atoms with E-state index < -0.39 is 0 Å². The van der Waals surface area contributed by atoms with Crippen LogP contribution in [0.1, 0.15) is 32.6 Å². The van der Waals surface area contributed by atoms with E-state index >= 15 is 0 Å². The molecule has 1 saturated carbocycles. The summed E-state index contributed by atoms with van der Waals surface area (Å²) in [6.45, 7) is 3.31. The maximum Gasteiger partial charge on any atom is 0.154 e. The van der Waals surface area contributed by atoms with E-state index in [0.717, 1.165) is 23.4 Å². The molecular weight excluding hydrogens is 224 g/mol. The summed E-state index contributed by atoms with van der Waals surface area (Å²) < 4.78 is 2.03. The summed E-state index contributed by atoms with van der Waals surface area (Å²) in [4.78, 5) is 8.86. The Balaban J connectivity index is 1.82. The van der Waals surface area contributed by atoms with Gasteiger partial charge in [-0.05, 0) is 30.7 Å². The average molecular weight is 244 g/mol. The van der Waals surface area contributed by atoms with E-state index in [1.165, 1.54) is 25.7 Å². The summed E-state index contributed by atoms with van der Waals surface area (Å²) >= 11 is 0. The van der Waals surface area contributed by atoms with Crippen molar-refractivity contribution in [3.05, 3.63) is 18.6 Å². The molecule has 2 aromatic rings. The van der Waals surface area contributed by atoms with Gasteiger partial charge in [0.25, 0.3) is 0 Å². The van der Waals surface area contributed by atoms with Crippen molar-refractivity contribution in [2.75, 3.05) is 11.9 Å². The van der Waals surface area contributed by atoms with Crippen molar-refractivity contribution < 1.29 is 0 Å². The van der Waals surface area contributed by atoms with E-state index in [4.69, 9.17) is 0 Å². The first-order valence-electron chi connectivity index (χ1n) is 6.74. The molecule has 1 aliphatic carbocycles. The summed E-state index contributed by atoms with van der Waals surface area (Å²) in [5.41, 5.74) is 2.61. The highest BCUT2D eigenvalue weighted by molar-refractivity contribution is 5.85. The number of anilines is 1. The number of rotatable bonds is 4. The summed E-state index contributed by atoms with van der Waals surface area (Å²) in [6, 6.07) is 2.01. The number of imidazole rings is 1. The van der Waals surface area contributed by atoms with Gasteiger partial charge >= 0.3 is 0 Å². The average Bonchev–Trinajstić information content (AvgIpc) is 2.72. The molecule has 3 rings (SSSR count). The van der Waals surface area contributed by atoms with Crippen LogP contribution in [0.25, 0.3) is 11.0 Å². The second-order valence-electron chi connectivity index (χ2n) is 5.44. The van der Waals surface area contributed by atoms with E-state index in [2.05, 4.69) is 22.2 Å². The third kappa shape index (κ3) is 1.76. The number of nitrogens with one attached hydrogen (secondary N) is 1. The molecule has 1 aliphatic rings. The summed E-state index contributed by atoms with van der Waals surface area (Å²) in [5, 5.41) is 3.51. The van der Waals surface area contributed by atoms with E-state index in [9.17, 15) is 0 Å². The van der Waals surface area contributed by atoms with Gasteiger partial charge < -0.3 is 9.88 Å². The summed E-state index contributed by atoms with van der Waals surface area (Å²) in [6.07, 6.45) is 9.00. The second kappa shape index (κ2) is 4.26. The van der Waals surface area contributed by atoms with Crippen LogP contribution >= 0.6 is 0 Å². The lowest BCUT2D eigenvalue weighted by Gasteiger charge is -2.41. The zero-order valence-corrected chi connectivity index (χ0v) is 11.1. The number of fused-ring (bicyclic) bond motifs is 1. The van der Waals surface area contributed by atoms with Crippen LogP contribution in [0.4, 0.5) is 5.82 Å². The molecule has 4 heteroatoms. The molecule has 2 heterocycles. The topological polar surface area (TPSA) is 42.7 Å². The van der Waals surface area contributed by atoms with Gasteiger partial charge in [-0.3, -0.25) is 0 Å². The minimum Gasteiger partial charge on any atom is -0.368 e. The standard InChI is InChI=1S/C14H20N4/c1-3-14(6-4-7-14)9-16-13-12-11(5-8-15-13)18(2)10-17-12/h5,8,10H,3-4,6-7,9H2,1-2H3,(H,15,16). The van der Waals surface area contributed by atoms with E-state index in [-0.39, 0.29) is 0 Å². The molecule has 0 bridgehead atoms. The predicted octanol–water partition coefficient (Wildman–Crippen LogP) is 2.96. The Kier molecular flexibility index (Phi) is 2.73. The summed E-state index contributed by atoms with van der Waals surface area (Å²) in [7, 11) is 2.01. The SMILES string of the molecule is CCC1(CNc2nccc3c2ncn3C)CCC1. The van der Waals surface area contributed by atoms with Crippen LogP contribution < -0.4 is 5.32 Å². The fourth-order valence-corrected chi connectivity index (χ4v) is 2.79. The first-order valence-corrected chi connectivity index (χ1v) is 6.74. The zero-order chi connectivity index (χ0) is 12.6. The molecule has 1 fully saturated rings. The van der Waals surface area contributed by atoms with Crippen molar-refractivity contribution in [2.45, 2.75) is 32.6 Å². The highest BCUT2D eigenvalue weighted by Crippen LogP contribution is 2.43. The molecule has 0 aromatic carbocycles. The zero-order valence-electron chi connectivity index (χ0n) is 11.1. The first kappa shape index (κ1) is 11.5. The lowest BCUT2D eigenvalue weighted by atomic mass is 9.67. The number of nitrogens with zero attached hydrogens (tertiary/aromatic N) is 3. The van der Waals surface area contributed by atoms with Crippen LogP contribution in [0.5, 0.6) is 0 Å². The molecule has 0 atom stereocenters. The summed E-state index contributed by atoms with van der Waals surface area (Å²) in [5.74, 6) is 0.924. The highest BCUT2D eigenvalue weighted by atomic mass is 15.1. The van der Waals surface area contributed by atoms with Gasteiger partial charge in [0, 0.05) is 19.8 Å². The number of hydrogen-bond acceptors (Lipinski definition) is 3. The van der Waals surface area contributed by atoms with Crippen molar-refractivity contribution in [3.8, 4) is 0 Å². The van der Waals surface area contributed by atoms with Gasteiger partial charge in [-0.1, -0.05) is 13.3 Å². The third-order valence-electron chi connectivity index (χ3n) is 4.44. The molecule has 0 radical (unpaired) electrons. The van der Waals surface area contributed by atoms with E-state index in [0.29, 0.717) is 5.41 Å². The Bertz CT molecular complexity index is 548. The Hall–Kier alpha value is -1.58. The molecule has 18 heavy (non-hydrogen) atoms. The fourth-order valence-electron chi connectivity index (χ4n) is 2.79. The van der Waals surface area contributed by atoms with Crippen molar-refractivity contribution in [3.63, 3.8) is 0 Å². The fraction of sp³-hybridized carbons (Fsp3) is 0.571. The number of hydrogen-bond donors (Lipinski definition) is 1. The minimum atomic E-state index is 0.499. The van der Waals surface area contributed by atoms with Crippen molar-refractivity contribution >= 4 is 16.9 Å². The van der Waals surface area contributed by atoms with Crippen LogP contribution in [0.15, 0.2) is 18.6 Å². The number of pyridine rings is 1. The molecule has 0 aliphatic heterocycles. The van der Waals surface area contributed by atoms with Gasteiger partial charge in [-0.25, -0.2) is 9.97 Å². The van der Waals surface area contributed by atoms with Crippen LogP contribution in [0, 0.1) is 5.41 Å². The molecule has 96 valence electrons. The Labute approximate surface area is 107 Å². The highest BCUT2D eigenvalue weighted by Gasteiger charge is 2.34. The van der Waals surface area contributed by atoms with Gasteiger partial charge in [-0.2, -0.15) is 0 Å². The normalized spacial score (nSPS) is 17.7. The lowest BCUT2D eigenvalue weighted by Crippen LogP contribution is -2.36. The maximum atomic E-state index is 4.43. The van der Waals surface area contributed by atoms with E-state index in [1.807, 2.05) is 30.2 Å². The van der Waals surface area contributed by atoms with Crippen molar-refractivity contribution in [1.82, 2.24) is 14.5 Å². The Morgan fingerprint density at radius 1 is 1.39 bits per heavy atom. The molecule has 1 N–H and O–H groups in total. The first-order chi connectivity index (χ1) is 8.74. The van der Waals surface area contributed by atoms with Gasteiger partial charge in [0.05, 0.1) is 11.8 Å². The smallest absolute Gasteiger partial charge is 0.154 e. The Morgan fingerprint density at radius 2 is 2.22 bits per heavy atom. The molecule has 0 spiro atoms. The maximum absolute atomic E-state index is 4.43. The number of aryl methyl sites for hydroxylation is 1. The molecule has 0 unspecified atom stereocenters. The van der Waals surface area contributed by atoms with Crippen molar-refractivity contribution in [1.29, 1.82) is 0 Å². The van der Waals surface area contributed by atoms with Crippen LogP contribution in [-0.2, 0) is 7.05 Å². The van der Waals surface area contributed by atoms with Crippen LogP contribution in [0.2, 0.25) is 0 Å². The lowest BCUT2D eigenvalue weighted by molar-refractivity contribution is 0.145. The van der Waals surface area contributed by atoms with Gasteiger partial charge in [-0.15, -0.1) is 0 Å². The Morgan fingerprint density at radius 3 is 2.89 bits per heavy atom. The molecule has 4 nitrogen and oxygen atoms in total. The quantitative estimate of drug-likeness (QED) is 0.899. The van der Waals surface area contributed by atoms with Gasteiger partial charge in [0.2, 0.25) is 0 Å². The monoisotopic (exact) mass is 244 g/mol. The van der Waals surface area contributed by atoms with Crippen LogP contribution in [-0.4, -0.2) is 21.1 Å². The van der Waals surface area contributed by atoms with Crippen LogP contribution in [0.3, 0.4) is 0 Å². The molecular formula is C14H20N4. The van der Waals surface area contributed by atoms with E-state index in [1.54, 1.807) is 0 Å². The third-order valence-corrected chi connectivity index (χ3v) is 4.44. The van der Waals surface area contributed by atoms with Gasteiger partial charge in [0.1, 0.15) is 5.52 Å². The predicted molar refractivity (Wildman–Crippen MR) is 73.6 cm³/mol. The molecule has 0 amide bonds. The van der Waals surface area contributed by atoms with Crippen molar-refractivity contribution in [2.24, 2.45) is 12.5 Å². The minimum absolute atomic E-state index is 0.499. The number of aromatic nitrogens is 3. The largest absolute Gasteiger partial charge is 0.368 e. The second-order valence-corrected chi connectivity index (χ2v) is 5.44. The van der Waals surface area contributed by atoms with Gasteiger partial charge in [0.15, 0.2) is 5.82 Å². The molecule has 0 saturated heterocycles.